The minimum Gasteiger partial charge on any atom is -0.497 e. The normalized spacial score (nSPS) is 15.2. The summed E-state index contributed by atoms with van der Waals surface area (Å²) in [6.45, 7) is 3.08. The van der Waals surface area contributed by atoms with Gasteiger partial charge in [-0.05, 0) is 238 Å². The van der Waals surface area contributed by atoms with Crippen molar-refractivity contribution in [2.75, 3.05) is 39.6 Å². The fourth-order valence-corrected chi connectivity index (χ4v) is 21.1. The van der Waals surface area contributed by atoms with Gasteiger partial charge in [0.2, 0.25) is 0 Å². The van der Waals surface area contributed by atoms with Gasteiger partial charge in [0.05, 0.1) is 39.5 Å². The van der Waals surface area contributed by atoms with Crippen LogP contribution in [0.5, 0.6) is 17.2 Å². The van der Waals surface area contributed by atoms with Gasteiger partial charge >= 0.3 is 6.09 Å². The lowest BCUT2D eigenvalue weighted by Crippen LogP contribution is -2.33. The molecule has 19 aromatic carbocycles. The van der Waals surface area contributed by atoms with Gasteiger partial charge in [-0.15, -0.1) is 0 Å². The number of para-hydroxylation sites is 4. The summed E-state index contributed by atoms with van der Waals surface area (Å²) in [6, 6.07) is 158. The van der Waals surface area contributed by atoms with Crippen molar-refractivity contribution in [3.05, 3.63) is 605 Å². The van der Waals surface area contributed by atoms with E-state index in [1.54, 1.807) is 37.3 Å². The van der Waals surface area contributed by atoms with Crippen molar-refractivity contribution in [2.24, 2.45) is 0 Å². The van der Waals surface area contributed by atoms with Crippen LogP contribution in [0.15, 0.2) is 467 Å². The van der Waals surface area contributed by atoms with Gasteiger partial charge in [0.1, 0.15) is 17.2 Å². The third kappa shape index (κ3) is 19.9. The number of rotatable bonds is 10. The molecule has 0 aromatic heterocycles. The summed E-state index contributed by atoms with van der Waals surface area (Å²) in [5.74, 6) is 2.40. The Balaban J connectivity index is 0.000000108. The van der Waals surface area contributed by atoms with E-state index in [2.05, 4.69) is 278 Å². The number of nitrogens with zero attached hydrogens (tertiary/aromatic N) is 3. The van der Waals surface area contributed by atoms with E-state index in [0.29, 0.717) is 47.3 Å². The van der Waals surface area contributed by atoms with Gasteiger partial charge in [0.15, 0.2) is 0 Å². The molecule has 0 aliphatic carbocycles. The zero-order chi connectivity index (χ0) is 96.1. The third-order valence-electron chi connectivity index (χ3n) is 27.0. The quantitative estimate of drug-likeness (QED) is 0.139. The number of fused-ring (bicyclic) bond motifs is 11. The molecule has 141 heavy (non-hydrogen) atoms. The molecule has 0 fully saturated rings. The zero-order valence-electron chi connectivity index (χ0n) is 77.8. The Bertz CT molecular complexity index is 7710. The predicted octanol–water partition coefficient (Wildman–Crippen LogP) is 31.2. The maximum Gasteiger partial charge on any atom is 0.420 e. The lowest BCUT2D eigenvalue weighted by molar-refractivity contribution is 0.0977. The topological polar surface area (TPSA) is 113 Å². The fraction of sp³-hybridized carbons (Fsp3) is 0.0945. The summed E-state index contributed by atoms with van der Waals surface area (Å²) in [7, 11) is 3.32. The number of benzene rings is 19. The smallest absolute Gasteiger partial charge is 0.420 e. The van der Waals surface area contributed by atoms with Crippen molar-refractivity contribution in [3.8, 4) is 17.2 Å². The van der Waals surface area contributed by atoms with Crippen LogP contribution in [0.25, 0.3) is 10.8 Å². The van der Waals surface area contributed by atoms with Crippen molar-refractivity contribution in [2.45, 2.75) is 62.3 Å². The molecule has 0 saturated heterocycles. The highest BCUT2D eigenvalue weighted by atomic mass is 35.5. The first kappa shape index (κ1) is 92.4. The molecule has 5 aliphatic heterocycles. The van der Waals surface area contributed by atoms with Crippen LogP contribution in [-0.4, -0.2) is 32.1 Å². The summed E-state index contributed by atoms with van der Waals surface area (Å²) in [5, 5.41) is 11.9. The van der Waals surface area contributed by atoms with Crippen LogP contribution in [0.2, 0.25) is 15.1 Å². The standard InChI is InChI=1S/C28H23NO2.C27H21NO2.C27H21NO.C24H18ClN.C21H17Cl2NO/c1-31-23-14-9-13-21(18-23)28(30)29-19-22-12-5-6-15-24(22)27(20-10-3-2-4-11-20)25-16-7-8-17-26(25)29;29-27(30-22-14-5-2-6-15-22)28-19-21-13-7-8-16-23(21)26(20-11-3-1-4-12-20)24-17-9-10-18-25(24)28;29-27(21-13-5-2-6-14-21)28-19-22-15-7-8-16-23(22)26(20-11-3-1-4-12-20)24-17-9-10-18-25(24)28;25-20-10-11-23-22(14-20)24(16-6-2-1-3-7-16)21-13-18-9-5-4-8-17(18)12-19(21)15-26-23;1-25-19-8-4-5-13-12-24-18-10-9-14(22)11-16(18)21(20(13)19)15-6-2-3-7-17(15)23/h2-18,27H,19H2,1H3;1-18,26H,19H2;1-18,26H,19H2;1-14,24,26H,15H2;2-11,21,24H,12H2,1H3. The molecule has 19 aromatic rings. The van der Waals surface area contributed by atoms with Gasteiger partial charge in [0.25, 0.3) is 11.8 Å². The summed E-state index contributed by atoms with van der Waals surface area (Å²) >= 11 is 19.3. The SMILES string of the molecule is COc1cccc(C(=O)N2Cc3ccccc3C(c3ccccc3)c3ccccc32)c1.COc1cccc2c1C(c1ccccc1Cl)c1cc(Cl)ccc1NC2.Clc1ccc2c(c1)C(c1ccccc1)c1cc3ccccc3cc1CN2.O=C(Oc1ccccc1)N1Cc2ccccc2C(c2ccccc2)c2ccccc21.O=C(c1ccccc1)N1Cc2ccccc2C(c2ccccc2)c2ccccc21. The van der Waals surface area contributed by atoms with Crippen molar-refractivity contribution in [3.63, 3.8) is 0 Å². The van der Waals surface area contributed by atoms with Gasteiger partial charge < -0.3 is 34.6 Å². The van der Waals surface area contributed by atoms with Crippen LogP contribution in [-0.2, 0) is 32.7 Å². The second-order valence-corrected chi connectivity index (χ2v) is 36.6. The van der Waals surface area contributed by atoms with Gasteiger partial charge in [-0.25, -0.2) is 4.79 Å². The van der Waals surface area contributed by atoms with Crippen LogP contribution in [0.1, 0.15) is 162 Å². The third-order valence-corrected chi connectivity index (χ3v) is 27.8. The monoisotopic (exact) mass is 1900 g/mol. The van der Waals surface area contributed by atoms with E-state index < -0.39 is 0 Å². The van der Waals surface area contributed by atoms with Crippen LogP contribution in [0, 0.1) is 0 Å². The van der Waals surface area contributed by atoms with E-state index in [1.165, 1.54) is 77.5 Å². The maximum absolute atomic E-state index is 13.7. The van der Waals surface area contributed by atoms with Crippen LogP contribution < -0.4 is 39.5 Å². The van der Waals surface area contributed by atoms with E-state index in [1.807, 2.05) is 192 Å². The average molecular weight is 1900 g/mol. The summed E-state index contributed by atoms with van der Waals surface area (Å²) in [5.41, 5.74) is 30.2. The van der Waals surface area contributed by atoms with Crippen molar-refractivity contribution in [1.82, 2.24) is 0 Å². The summed E-state index contributed by atoms with van der Waals surface area (Å²) < 4.78 is 16.8. The molecule has 11 nitrogen and oxygen atoms in total. The molecule has 0 radical (unpaired) electrons. The molecule has 690 valence electrons. The number of methoxy groups -OCH3 is 2. The van der Waals surface area contributed by atoms with Gasteiger partial charge in [-0.3, -0.25) is 14.5 Å². The van der Waals surface area contributed by atoms with Gasteiger partial charge in [-0.1, -0.05) is 381 Å². The first-order chi connectivity index (χ1) is 69.4. The highest BCUT2D eigenvalue weighted by Gasteiger charge is 2.37. The van der Waals surface area contributed by atoms with E-state index >= 15 is 0 Å². The molecule has 24 rings (SSSR count). The number of halogens is 3. The van der Waals surface area contributed by atoms with E-state index in [9.17, 15) is 14.4 Å². The van der Waals surface area contributed by atoms with E-state index in [-0.39, 0.29) is 47.5 Å². The van der Waals surface area contributed by atoms with Crippen LogP contribution in [0.4, 0.5) is 33.2 Å². The first-order valence-electron chi connectivity index (χ1n) is 47.4. The van der Waals surface area contributed by atoms with Crippen LogP contribution in [0.3, 0.4) is 0 Å². The molecule has 0 bridgehead atoms. The minimum absolute atomic E-state index is 0.0292. The number of amides is 3. The number of ether oxygens (including phenoxy) is 3. The second-order valence-electron chi connectivity index (χ2n) is 35.4. The minimum atomic E-state index is -0.378. The van der Waals surface area contributed by atoms with Gasteiger partial charge in [-0.2, -0.15) is 0 Å². The molecule has 5 atom stereocenters. The number of nitrogens with one attached hydrogen (secondary N) is 2. The average Bonchev–Trinajstić information content (AvgIpc) is 1.71. The molecule has 0 spiro atoms. The number of anilines is 5. The molecule has 3 amide bonds. The molecule has 5 heterocycles. The Morgan fingerprint density at radius 1 is 0.270 bits per heavy atom. The fourth-order valence-electron chi connectivity index (χ4n) is 20.5. The van der Waals surface area contributed by atoms with E-state index in [0.717, 1.165) is 102 Å². The molecule has 14 heteroatoms. The number of hydrogen-bond donors (Lipinski definition) is 2. The highest BCUT2D eigenvalue weighted by molar-refractivity contribution is 6.32. The summed E-state index contributed by atoms with van der Waals surface area (Å²) in [6.07, 6.45) is -0.378. The second kappa shape index (κ2) is 42.8. The predicted molar refractivity (Wildman–Crippen MR) is 574 cm³/mol. The Labute approximate surface area is 838 Å². The maximum atomic E-state index is 13.7. The van der Waals surface area contributed by atoms with Gasteiger partial charge in [0, 0.05) is 97.2 Å². The highest BCUT2D eigenvalue weighted by Crippen LogP contribution is 2.51. The Hall–Kier alpha value is -16.3. The van der Waals surface area contributed by atoms with Crippen molar-refractivity contribution < 1.29 is 28.6 Å². The zero-order valence-corrected chi connectivity index (χ0v) is 80.1. The molecule has 2 N–H and O–H groups in total. The molecular weight excluding hydrogens is 1800 g/mol. The number of carbonyl (C=O) groups excluding carboxylic acids is 3. The first-order valence-corrected chi connectivity index (χ1v) is 48.6. The number of hydrogen-bond acceptors (Lipinski definition) is 8. The largest absolute Gasteiger partial charge is 0.497 e. The van der Waals surface area contributed by atoms with Crippen molar-refractivity contribution >= 4 is 91.9 Å². The lowest BCUT2D eigenvalue weighted by atomic mass is 9.82. The molecular formula is C127H100Cl3N5O6. The van der Waals surface area contributed by atoms with Crippen LogP contribution >= 0.6 is 34.8 Å². The molecule has 5 aliphatic rings. The Morgan fingerprint density at radius 3 is 1.10 bits per heavy atom. The Kier molecular flexibility index (Phi) is 28.0. The van der Waals surface area contributed by atoms with E-state index in [4.69, 9.17) is 49.0 Å². The molecule has 5 unspecified atom stereocenters. The number of carbonyl (C=O) groups is 3. The molecule has 0 saturated carbocycles. The summed E-state index contributed by atoms with van der Waals surface area (Å²) in [4.78, 5) is 46.0. The lowest BCUT2D eigenvalue weighted by Gasteiger charge is -2.25. The Morgan fingerprint density at radius 2 is 0.624 bits per heavy atom. The van der Waals surface area contributed by atoms with Crippen molar-refractivity contribution in [1.29, 1.82) is 0 Å².